The number of imidazole rings is 1. The van der Waals surface area contributed by atoms with Gasteiger partial charge in [-0.15, -0.1) is 10.2 Å². The Hall–Kier alpha value is -1.78. The largest absolute Gasteiger partial charge is 0.335 e. The molecule has 0 atom stereocenters. The number of hydrogen-bond acceptors (Lipinski definition) is 6. The third-order valence-corrected chi connectivity index (χ3v) is 7.55. The van der Waals surface area contributed by atoms with Crippen LogP contribution >= 0.6 is 0 Å². The van der Waals surface area contributed by atoms with E-state index < -0.39 is 10.0 Å². The molecular formula is C17H27N7O2S. The van der Waals surface area contributed by atoms with E-state index in [9.17, 15) is 8.42 Å². The van der Waals surface area contributed by atoms with Crippen LogP contribution in [0.5, 0.6) is 0 Å². The maximum absolute atomic E-state index is 12.6. The molecule has 0 amide bonds. The molecule has 4 rings (SSSR count). The number of aromatic nitrogens is 5. The first-order valence-electron chi connectivity index (χ1n) is 9.61. The molecule has 1 N–H and O–H groups in total. The molecule has 2 aliphatic rings. The molecule has 10 heteroatoms. The van der Waals surface area contributed by atoms with Gasteiger partial charge in [0, 0.05) is 51.1 Å². The van der Waals surface area contributed by atoms with Crippen LogP contribution in [0, 0.1) is 0 Å². The van der Waals surface area contributed by atoms with Crippen LogP contribution in [0.1, 0.15) is 44.3 Å². The van der Waals surface area contributed by atoms with Crippen LogP contribution in [-0.4, -0.2) is 74.6 Å². The summed E-state index contributed by atoms with van der Waals surface area (Å²) in [6.07, 6.45) is 5.20. The van der Waals surface area contributed by atoms with E-state index in [0.29, 0.717) is 19.1 Å². The number of sulfonamides is 1. The van der Waals surface area contributed by atoms with Crippen LogP contribution in [0.25, 0.3) is 0 Å². The molecule has 27 heavy (non-hydrogen) atoms. The van der Waals surface area contributed by atoms with E-state index in [2.05, 4.69) is 43.5 Å². The Morgan fingerprint density at radius 3 is 2.56 bits per heavy atom. The second kappa shape index (κ2) is 7.33. The molecule has 0 spiro atoms. The molecule has 148 valence electrons. The highest BCUT2D eigenvalue weighted by atomic mass is 32.2. The lowest BCUT2D eigenvalue weighted by molar-refractivity contribution is 0.225. The van der Waals surface area contributed by atoms with Gasteiger partial charge in [-0.25, -0.2) is 13.4 Å². The lowest BCUT2D eigenvalue weighted by Crippen LogP contribution is -2.38. The fraction of sp³-hybridized carbons (Fsp3) is 0.706. The maximum Gasteiger partial charge on any atom is 0.260 e. The van der Waals surface area contributed by atoms with Crippen LogP contribution in [0.15, 0.2) is 17.6 Å². The average Bonchev–Trinajstić information content (AvgIpc) is 3.28. The average molecular weight is 394 g/mol. The zero-order valence-corrected chi connectivity index (χ0v) is 16.7. The summed E-state index contributed by atoms with van der Waals surface area (Å²) in [5.74, 6) is 2.33. The van der Waals surface area contributed by atoms with Crippen molar-refractivity contribution in [2.24, 2.45) is 0 Å². The summed E-state index contributed by atoms with van der Waals surface area (Å²) in [6.45, 7) is 8.35. The van der Waals surface area contributed by atoms with Gasteiger partial charge in [-0.3, -0.25) is 4.90 Å². The molecule has 1 fully saturated rings. The van der Waals surface area contributed by atoms with Crippen LogP contribution in [0.2, 0.25) is 0 Å². The molecule has 9 nitrogen and oxygen atoms in total. The van der Waals surface area contributed by atoms with Gasteiger partial charge in [0.25, 0.3) is 10.0 Å². The summed E-state index contributed by atoms with van der Waals surface area (Å²) in [6, 6.07) is 0.530. The summed E-state index contributed by atoms with van der Waals surface area (Å²) in [7, 11) is -3.49. The van der Waals surface area contributed by atoms with Crippen molar-refractivity contribution in [3.05, 3.63) is 24.2 Å². The van der Waals surface area contributed by atoms with E-state index in [1.807, 2.05) is 0 Å². The Morgan fingerprint density at radius 1 is 1.11 bits per heavy atom. The predicted molar refractivity (Wildman–Crippen MR) is 99.8 cm³/mol. The summed E-state index contributed by atoms with van der Waals surface area (Å²) >= 11 is 0. The third-order valence-electron chi connectivity index (χ3n) is 5.73. The monoisotopic (exact) mass is 393 g/mol. The van der Waals surface area contributed by atoms with Gasteiger partial charge in [0.05, 0.1) is 12.5 Å². The number of aromatic amines is 1. The first-order valence-corrected chi connectivity index (χ1v) is 11.1. The minimum atomic E-state index is -3.49. The number of nitrogens with zero attached hydrogens (tertiary/aromatic N) is 6. The van der Waals surface area contributed by atoms with Gasteiger partial charge in [-0.05, 0) is 26.7 Å². The molecule has 2 aromatic heterocycles. The van der Waals surface area contributed by atoms with Crippen molar-refractivity contribution in [1.82, 2.24) is 33.9 Å². The molecule has 0 aromatic carbocycles. The Bertz CT molecular complexity index is 867. The van der Waals surface area contributed by atoms with Crippen molar-refractivity contribution in [2.45, 2.75) is 56.6 Å². The van der Waals surface area contributed by atoms with E-state index in [1.165, 1.54) is 16.8 Å². The van der Waals surface area contributed by atoms with E-state index in [4.69, 9.17) is 0 Å². The highest BCUT2D eigenvalue weighted by Gasteiger charge is 2.33. The fourth-order valence-electron chi connectivity index (χ4n) is 4.06. The summed E-state index contributed by atoms with van der Waals surface area (Å²) in [4.78, 5) is 9.00. The fourth-order valence-corrected chi connectivity index (χ4v) is 5.42. The van der Waals surface area contributed by atoms with Crippen LogP contribution in [0.3, 0.4) is 0 Å². The summed E-state index contributed by atoms with van der Waals surface area (Å²) in [5, 5.41) is 9.07. The van der Waals surface area contributed by atoms with Crippen molar-refractivity contribution in [1.29, 1.82) is 0 Å². The number of nitrogens with one attached hydrogen (secondary N) is 1. The van der Waals surface area contributed by atoms with E-state index in [1.54, 1.807) is 0 Å². The SMILES string of the molecule is CC(C)N1CCc2nnc(C3CCN(S(=O)(=O)c4cnc[nH]4)CC3)n2CC1. The molecule has 2 aromatic rings. The number of H-pyrrole nitrogens is 1. The molecule has 1 saturated heterocycles. The Balaban J connectivity index is 1.45. The molecule has 4 heterocycles. The Morgan fingerprint density at radius 2 is 1.89 bits per heavy atom. The van der Waals surface area contributed by atoms with Crippen molar-refractivity contribution >= 4 is 10.0 Å². The summed E-state index contributed by atoms with van der Waals surface area (Å²) in [5.41, 5.74) is 0. The van der Waals surface area contributed by atoms with Crippen molar-refractivity contribution in [2.75, 3.05) is 26.2 Å². The minimum absolute atomic E-state index is 0.158. The number of hydrogen-bond donors (Lipinski definition) is 1. The molecule has 0 bridgehead atoms. The van der Waals surface area contributed by atoms with Gasteiger partial charge in [0.15, 0.2) is 5.03 Å². The molecule has 0 unspecified atom stereocenters. The van der Waals surface area contributed by atoms with E-state index in [0.717, 1.165) is 50.5 Å². The van der Waals surface area contributed by atoms with Gasteiger partial charge in [-0.2, -0.15) is 4.31 Å². The molecular weight excluding hydrogens is 366 g/mol. The summed E-state index contributed by atoms with van der Waals surface area (Å²) < 4.78 is 29.1. The van der Waals surface area contributed by atoms with Crippen LogP contribution < -0.4 is 0 Å². The highest BCUT2D eigenvalue weighted by molar-refractivity contribution is 7.89. The normalized spacial score (nSPS) is 20.7. The molecule has 2 aliphatic heterocycles. The van der Waals surface area contributed by atoms with Gasteiger partial charge in [0.2, 0.25) is 0 Å². The first kappa shape index (κ1) is 18.6. The molecule has 0 saturated carbocycles. The quantitative estimate of drug-likeness (QED) is 0.826. The molecule has 0 aliphatic carbocycles. The minimum Gasteiger partial charge on any atom is -0.335 e. The van der Waals surface area contributed by atoms with Gasteiger partial charge < -0.3 is 9.55 Å². The second-order valence-electron chi connectivity index (χ2n) is 7.60. The van der Waals surface area contributed by atoms with Crippen LogP contribution in [0.4, 0.5) is 0 Å². The maximum atomic E-state index is 12.6. The van der Waals surface area contributed by atoms with Crippen molar-refractivity contribution in [3.8, 4) is 0 Å². The standard InChI is InChI=1S/C17H27N7O2S/c1-13(2)22-6-5-15-20-21-17(24(15)10-9-22)14-3-7-23(8-4-14)27(25,26)16-11-18-12-19-16/h11-14H,3-10H2,1-2H3,(H,18,19). The first-order chi connectivity index (χ1) is 13.0. The lowest BCUT2D eigenvalue weighted by atomic mass is 9.97. The second-order valence-corrected chi connectivity index (χ2v) is 9.51. The predicted octanol–water partition coefficient (Wildman–Crippen LogP) is 0.836. The van der Waals surface area contributed by atoms with Crippen molar-refractivity contribution < 1.29 is 8.42 Å². The zero-order valence-electron chi connectivity index (χ0n) is 15.9. The van der Waals surface area contributed by atoms with Gasteiger partial charge in [0.1, 0.15) is 11.6 Å². The highest BCUT2D eigenvalue weighted by Crippen LogP contribution is 2.30. The number of rotatable bonds is 4. The van der Waals surface area contributed by atoms with Gasteiger partial charge >= 0.3 is 0 Å². The third kappa shape index (κ3) is 3.53. The number of piperidine rings is 1. The van der Waals surface area contributed by atoms with E-state index in [-0.39, 0.29) is 10.9 Å². The van der Waals surface area contributed by atoms with Crippen molar-refractivity contribution in [3.63, 3.8) is 0 Å². The zero-order chi connectivity index (χ0) is 19.0. The topological polar surface area (TPSA) is 100 Å². The lowest BCUT2D eigenvalue weighted by Gasteiger charge is -2.30. The molecule has 0 radical (unpaired) electrons. The Kier molecular flexibility index (Phi) is 5.04. The Labute approximate surface area is 159 Å². The van der Waals surface area contributed by atoms with Gasteiger partial charge in [-0.1, -0.05) is 0 Å². The smallest absolute Gasteiger partial charge is 0.260 e. The van der Waals surface area contributed by atoms with Crippen LogP contribution in [-0.2, 0) is 23.0 Å². The van der Waals surface area contributed by atoms with E-state index >= 15 is 0 Å². The number of fused-ring (bicyclic) bond motifs is 1.